The van der Waals surface area contributed by atoms with Crippen LogP contribution in [0.25, 0.3) is 0 Å². The number of hydrogen-bond acceptors (Lipinski definition) is 6. The fourth-order valence-corrected chi connectivity index (χ4v) is 3.85. The molecule has 0 aromatic heterocycles. The number of non-ortho nitro benzene ring substituents is 1. The van der Waals surface area contributed by atoms with Gasteiger partial charge < -0.3 is 4.52 Å². The third-order valence-corrected chi connectivity index (χ3v) is 5.14. The van der Waals surface area contributed by atoms with Crippen molar-refractivity contribution in [1.82, 2.24) is 0 Å². The summed E-state index contributed by atoms with van der Waals surface area (Å²) in [6.07, 6.45) is -0.540. The van der Waals surface area contributed by atoms with Gasteiger partial charge in [0.15, 0.2) is 0 Å². The van der Waals surface area contributed by atoms with Gasteiger partial charge in [-0.2, -0.15) is 0 Å². The second-order valence-corrected chi connectivity index (χ2v) is 7.15. The van der Waals surface area contributed by atoms with E-state index in [2.05, 4.69) is 0 Å². The fraction of sp³-hybridized carbons (Fsp3) is 0.200. The molecule has 1 aliphatic rings. The molecule has 0 bridgehead atoms. The van der Waals surface area contributed by atoms with E-state index in [0.717, 1.165) is 6.07 Å². The fourth-order valence-electron chi connectivity index (χ4n) is 2.29. The van der Waals surface area contributed by atoms with Crippen molar-refractivity contribution in [2.75, 3.05) is 6.61 Å². The lowest BCUT2D eigenvalue weighted by molar-refractivity contribution is -0.384. The van der Waals surface area contributed by atoms with E-state index in [1.807, 2.05) is 0 Å². The van der Waals surface area contributed by atoms with Crippen LogP contribution in [0.1, 0.15) is 18.1 Å². The van der Waals surface area contributed by atoms with Crippen LogP contribution in [0.3, 0.4) is 0 Å². The molecule has 1 heterocycles. The maximum absolute atomic E-state index is 14.0. The van der Waals surface area contributed by atoms with E-state index in [0.29, 0.717) is 0 Å². The summed E-state index contributed by atoms with van der Waals surface area (Å²) >= 11 is 5.72. The molecule has 2 aromatic rings. The molecular weight excluding hydrogens is 376 g/mol. The van der Waals surface area contributed by atoms with Crippen LogP contribution in [0.2, 0.25) is 5.02 Å². The van der Waals surface area contributed by atoms with Crippen molar-refractivity contribution < 1.29 is 27.5 Å². The lowest BCUT2D eigenvalue weighted by atomic mass is 10.1. The molecule has 0 aliphatic carbocycles. The van der Waals surface area contributed by atoms with Gasteiger partial charge in [0.25, 0.3) is 5.69 Å². The highest BCUT2D eigenvalue weighted by Gasteiger charge is 2.38. The highest BCUT2D eigenvalue weighted by atomic mass is 35.5. The highest BCUT2D eigenvalue weighted by molar-refractivity contribution is 7.49. The van der Waals surface area contributed by atoms with Gasteiger partial charge in [0.1, 0.15) is 17.7 Å². The number of nitro benzene ring substituents is 1. The van der Waals surface area contributed by atoms with Crippen molar-refractivity contribution in [2.45, 2.75) is 12.5 Å². The van der Waals surface area contributed by atoms with Crippen LogP contribution in [-0.4, -0.2) is 11.5 Å². The topological polar surface area (TPSA) is 87.9 Å². The van der Waals surface area contributed by atoms with Crippen LogP contribution in [0.5, 0.6) is 5.75 Å². The lowest BCUT2D eigenvalue weighted by Crippen LogP contribution is -2.17. The van der Waals surface area contributed by atoms with E-state index in [1.165, 1.54) is 36.4 Å². The molecule has 1 aliphatic heterocycles. The Morgan fingerprint density at radius 3 is 2.64 bits per heavy atom. The number of phosphoric ester groups is 1. The Morgan fingerprint density at radius 1 is 1.28 bits per heavy atom. The molecule has 3 rings (SSSR count). The molecule has 2 atom stereocenters. The van der Waals surface area contributed by atoms with Crippen LogP contribution in [0, 0.1) is 15.9 Å². The van der Waals surface area contributed by atoms with Gasteiger partial charge in [0.2, 0.25) is 0 Å². The van der Waals surface area contributed by atoms with Crippen molar-refractivity contribution in [1.29, 1.82) is 0 Å². The molecule has 7 nitrogen and oxygen atoms in total. The van der Waals surface area contributed by atoms with Crippen molar-refractivity contribution in [3.8, 4) is 5.75 Å². The third-order valence-electron chi connectivity index (χ3n) is 3.46. The summed E-state index contributed by atoms with van der Waals surface area (Å²) in [4.78, 5) is 10.1. The van der Waals surface area contributed by atoms with Crippen molar-refractivity contribution >= 4 is 25.1 Å². The summed E-state index contributed by atoms with van der Waals surface area (Å²) in [5, 5.41) is 10.9. The molecule has 1 saturated heterocycles. The number of benzene rings is 2. The van der Waals surface area contributed by atoms with Crippen LogP contribution < -0.4 is 4.52 Å². The Bertz CT molecular complexity index is 846. The molecule has 2 aromatic carbocycles. The second-order valence-electron chi connectivity index (χ2n) is 5.17. The predicted octanol–water partition coefficient (Wildman–Crippen LogP) is 5.05. The number of hydrogen-bond donors (Lipinski definition) is 0. The van der Waals surface area contributed by atoms with Gasteiger partial charge in [0, 0.05) is 29.1 Å². The minimum atomic E-state index is -4.00. The SMILES string of the molecule is O=[N+]([O-])c1ccc(O[P@]2(=O)OCC[C@@H](c3ccc(Cl)cc3F)O2)cc1. The van der Waals surface area contributed by atoms with Crippen molar-refractivity contribution in [3.63, 3.8) is 0 Å². The van der Waals surface area contributed by atoms with E-state index in [4.69, 9.17) is 25.2 Å². The Hall–Kier alpha value is -1.99. The molecule has 0 unspecified atom stereocenters. The maximum Gasteiger partial charge on any atom is 0.530 e. The number of rotatable bonds is 4. The summed E-state index contributed by atoms with van der Waals surface area (Å²) in [5.74, 6) is -0.507. The van der Waals surface area contributed by atoms with Crippen LogP contribution in [0.4, 0.5) is 10.1 Å². The van der Waals surface area contributed by atoms with Gasteiger partial charge in [-0.05, 0) is 24.3 Å². The lowest BCUT2D eigenvalue weighted by Gasteiger charge is -2.29. The van der Waals surface area contributed by atoms with Crippen molar-refractivity contribution in [3.05, 3.63) is 69.0 Å². The van der Waals surface area contributed by atoms with Gasteiger partial charge in [-0.25, -0.2) is 8.96 Å². The summed E-state index contributed by atoms with van der Waals surface area (Å²) in [5.41, 5.74) is 0.0532. The molecule has 0 N–H and O–H groups in total. The minimum absolute atomic E-state index is 0.0387. The molecule has 25 heavy (non-hydrogen) atoms. The zero-order valence-corrected chi connectivity index (χ0v) is 14.3. The number of nitrogens with zero attached hydrogens (tertiary/aromatic N) is 1. The number of nitro groups is 1. The average molecular weight is 388 g/mol. The number of phosphoric acid groups is 1. The first kappa shape index (κ1) is 17.8. The molecule has 0 radical (unpaired) electrons. The van der Waals surface area contributed by atoms with E-state index in [1.54, 1.807) is 0 Å². The molecule has 0 saturated carbocycles. The van der Waals surface area contributed by atoms with Crippen LogP contribution >= 0.6 is 19.4 Å². The first-order valence-electron chi connectivity index (χ1n) is 7.18. The summed E-state index contributed by atoms with van der Waals surface area (Å²) in [6.45, 7) is 0.0387. The summed E-state index contributed by atoms with van der Waals surface area (Å²) < 4.78 is 42.3. The van der Waals surface area contributed by atoms with E-state index in [-0.39, 0.29) is 35.1 Å². The Morgan fingerprint density at radius 2 is 2.00 bits per heavy atom. The normalized spacial score (nSPS) is 23.2. The Labute approximate surface area is 147 Å². The first-order valence-corrected chi connectivity index (χ1v) is 9.02. The molecule has 0 spiro atoms. The Kier molecular flexibility index (Phi) is 5.06. The van der Waals surface area contributed by atoms with Gasteiger partial charge >= 0.3 is 7.82 Å². The molecule has 1 fully saturated rings. The van der Waals surface area contributed by atoms with Crippen LogP contribution in [-0.2, 0) is 13.6 Å². The van der Waals surface area contributed by atoms with Gasteiger partial charge in [-0.15, -0.1) is 0 Å². The van der Waals surface area contributed by atoms with Gasteiger partial charge in [-0.3, -0.25) is 19.2 Å². The Balaban J connectivity index is 1.77. The number of halogens is 2. The third kappa shape index (κ3) is 4.16. The summed E-state index contributed by atoms with van der Waals surface area (Å²) in [6, 6.07) is 9.03. The molecular formula is C15H12ClFNO6P. The standard InChI is InChI=1S/C15H12ClFNO6P/c16-10-1-6-13(14(17)9-10)15-7-8-22-25(21,24-15)23-12-4-2-11(3-5-12)18(19)20/h1-6,9,15H,7-8H2/t15-,25-/m0/s1. The van der Waals surface area contributed by atoms with Crippen molar-refractivity contribution in [2.24, 2.45) is 0 Å². The predicted molar refractivity (Wildman–Crippen MR) is 87.1 cm³/mol. The summed E-state index contributed by atoms with van der Waals surface area (Å²) in [7, 11) is -4.00. The zero-order chi connectivity index (χ0) is 18.0. The smallest absolute Gasteiger partial charge is 0.404 e. The zero-order valence-electron chi connectivity index (χ0n) is 12.6. The second kappa shape index (κ2) is 7.09. The monoisotopic (exact) mass is 387 g/mol. The van der Waals surface area contributed by atoms with E-state index < -0.39 is 24.7 Å². The van der Waals surface area contributed by atoms with Gasteiger partial charge in [-0.1, -0.05) is 17.7 Å². The highest BCUT2D eigenvalue weighted by Crippen LogP contribution is 2.56. The first-order chi connectivity index (χ1) is 11.9. The average Bonchev–Trinajstić information content (AvgIpc) is 2.55. The maximum atomic E-state index is 14.0. The minimum Gasteiger partial charge on any atom is -0.404 e. The molecule has 132 valence electrons. The van der Waals surface area contributed by atoms with Crippen LogP contribution in [0.15, 0.2) is 42.5 Å². The van der Waals surface area contributed by atoms with Gasteiger partial charge in [0.05, 0.1) is 11.5 Å². The molecule has 10 heteroatoms. The quantitative estimate of drug-likeness (QED) is 0.414. The van der Waals surface area contributed by atoms with E-state index in [9.17, 15) is 19.1 Å². The molecule has 0 amide bonds. The largest absolute Gasteiger partial charge is 0.530 e. The van der Waals surface area contributed by atoms with E-state index >= 15 is 0 Å².